The molecule has 0 saturated carbocycles. The molecule has 1 unspecified atom stereocenters. The fourth-order valence-corrected chi connectivity index (χ4v) is 2.86. The Bertz CT molecular complexity index is 413. The molecule has 0 bridgehead atoms. The predicted molar refractivity (Wildman–Crippen MR) is 74.8 cm³/mol. The van der Waals surface area contributed by atoms with Crippen LogP contribution in [0.15, 0.2) is 41.9 Å². The Hall–Kier alpha value is -0.860. The van der Waals surface area contributed by atoms with Crippen molar-refractivity contribution >= 4 is 22.9 Å². The fraction of sp³-hybridized carbons (Fsp3) is 0.357. The third-order valence-electron chi connectivity index (χ3n) is 2.68. The van der Waals surface area contributed by atoms with Crippen molar-refractivity contribution in [1.82, 2.24) is 4.98 Å². The summed E-state index contributed by atoms with van der Waals surface area (Å²) < 4.78 is 0. The number of aryl methyl sites for hydroxylation is 1. The molecular formula is C14H16ClNS. The van der Waals surface area contributed by atoms with Gasteiger partial charge in [-0.3, -0.25) is 4.98 Å². The second-order valence-electron chi connectivity index (χ2n) is 4.09. The second-order valence-corrected chi connectivity index (χ2v) is 5.74. The van der Waals surface area contributed by atoms with Crippen molar-refractivity contribution in [3.63, 3.8) is 0 Å². The van der Waals surface area contributed by atoms with Crippen LogP contribution < -0.4 is 0 Å². The molecule has 0 N–H and O–H groups in total. The van der Waals surface area contributed by atoms with Gasteiger partial charge < -0.3 is 0 Å². The van der Waals surface area contributed by atoms with Gasteiger partial charge >= 0.3 is 0 Å². The van der Waals surface area contributed by atoms with Crippen LogP contribution in [-0.2, 0) is 12.8 Å². The van der Waals surface area contributed by atoms with E-state index in [0.717, 1.165) is 31.4 Å². The lowest BCUT2D eigenvalue weighted by Gasteiger charge is -2.08. The van der Waals surface area contributed by atoms with Crippen LogP contribution in [0.5, 0.6) is 0 Å². The van der Waals surface area contributed by atoms with E-state index in [1.54, 1.807) is 0 Å². The van der Waals surface area contributed by atoms with Crippen molar-refractivity contribution < 1.29 is 0 Å². The van der Waals surface area contributed by atoms with Crippen LogP contribution >= 0.6 is 22.9 Å². The van der Waals surface area contributed by atoms with E-state index in [9.17, 15) is 0 Å². The SMILES string of the molecule is ClC(CCCc1cccs1)Cc1ccccn1. The van der Waals surface area contributed by atoms with Gasteiger partial charge in [-0.25, -0.2) is 0 Å². The zero-order chi connectivity index (χ0) is 11.9. The minimum Gasteiger partial charge on any atom is -0.261 e. The highest BCUT2D eigenvalue weighted by Crippen LogP contribution is 2.16. The Balaban J connectivity index is 1.69. The summed E-state index contributed by atoms with van der Waals surface area (Å²) in [4.78, 5) is 5.74. The van der Waals surface area contributed by atoms with Crippen molar-refractivity contribution in [3.8, 4) is 0 Å². The molecule has 1 atom stereocenters. The van der Waals surface area contributed by atoms with Gasteiger partial charge in [-0.2, -0.15) is 0 Å². The van der Waals surface area contributed by atoms with Crippen LogP contribution in [-0.4, -0.2) is 10.4 Å². The summed E-state index contributed by atoms with van der Waals surface area (Å²) in [6.45, 7) is 0. The number of aromatic nitrogens is 1. The summed E-state index contributed by atoms with van der Waals surface area (Å²) in [5, 5.41) is 2.33. The zero-order valence-electron chi connectivity index (χ0n) is 9.68. The summed E-state index contributed by atoms with van der Waals surface area (Å²) in [5.41, 5.74) is 1.09. The van der Waals surface area contributed by atoms with Gasteiger partial charge in [0.2, 0.25) is 0 Å². The lowest BCUT2D eigenvalue weighted by Crippen LogP contribution is -2.05. The molecular weight excluding hydrogens is 250 g/mol. The van der Waals surface area contributed by atoms with Crippen LogP contribution in [0, 0.1) is 0 Å². The predicted octanol–water partition coefficient (Wildman–Crippen LogP) is 4.32. The van der Waals surface area contributed by atoms with E-state index < -0.39 is 0 Å². The van der Waals surface area contributed by atoms with E-state index >= 15 is 0 Å². The quantitative estimate of drug-likeness (QED) is 0.709. The number of nitrogens with zero attached hydrogens (tertiary/aromatic N) is 1. The molecule has 0 aliphatic rings. The number of pyridine rings is 1. The summed E-state index contributed by atoms with van der Waals surface area (Å²) in [6.07, 6.45) is 6.04. The molecule has 0 spiro atoms. The summed E-state index contributed by atoms with van der Waals surface area (Å²) in [7, 11) is 0. The van der Waals surface area contributed by atoms with Gasteiger partial charge in [0.25, 0.3) is 0 Å². The Morgan fingerprint density at radius 3 is 2.88 bits per heavy atom. The molecule has 2 rings (SSSR count). The molecule has 0 aromatic carbocycles. The minimum absolute atomic E-state index is 0.199. The maximum Gasteiger partial charge on any atom is 0.0418 e. The number of rotatable bonds is 6. The Morgan fingerprint density at radius 2 is 2.18 bits per heavy atom. The molecule has 0 radical (unpaired) electrons. The van der Waals surface area contributed by atoms with E-state index in [4.69, 9.17) is 11.6 Å². The molecule has 17 heavy (non-hydrogen) atoms. The van der Waals surface area contributed by atoms with Gasteiger partial charge in [-0.05, 0) is 42.8 Å². The van der Waals surface area contributed by atoms with Crippen LogP contribution in [0.25, 0.3) is 0 Å². The maximum atomic E-state index is 6.32. The monoisotopic (exact) mass is 265 g/mol. The van der Waals surface area contributed by atoms with Gasteiger partial charge in [0.05, 0.1) is 0 Å². The van der Waals surface area contributed by atoms with E-state index in [0.29, 0.717) is 0 Å². The Labute approximate surface area is 111 Å². The zero-order valence-corrected chi connectivity index (χ0v) is 11.3. The topological polar surface area (TPSA) is 12.9 Å². The average Bonchev–Trinajstić information content (AvgIpc) is 2.83. The largest absolute Gasteiger partial charge is 0.261 e. The number of hydrogen-bond donors (Lipinski definition) is 0. The molecule has 2 aromatic rings. The molecule has 90 valence electrons. The summed E-state index contributed by atoms with van der Waals surface area (Å²) in [5.74, 6) is 0. The van der Waals surface area contributed by atoms with Gasteiger partial charge in [0, 0.05) is 28.6 Å². The molecule has 3 heteroatoms. The van der Waals surface area contributed by atoms with E-state index in [1.165, 1.54) is 4.88 Å². The number of thiophene rings is 1. The van der Waals surface area contributed by atoms with Crippen LogP contribution in [0.3, 0.4) is 0 Å². The molecule has 2 heterocycles. The van der Waals surface area contributed by atoms with E-state index in [1.807, 2.05) is 35.7 Å². The molecule has 1 nitrogen and oxygen atoms in total. The molecule has 0 saturated heterocycles. The summed E-state index contributed by atoms with van der Waals surface area (Å²) in [6, 6.07) is 10.3. The van der Waals surface area contributed by atoms with Crippen LogP contribution in [0.2, 0.25) is 0 Å². The molecule has 0 fully saturated rings. The first-order valence-electron chi connectivity index (χ1n) is 5.91. The van der Waals surface area contributed by atoms with Gasteiger partial charge in [0.1, 0.15) is 0 Å². The highest BCUT2D eigenvalue weighted by molar-refractivity contribution is 7.09. The highest BCUT2D eigenvalue weighted by atomic mass is 35.5. The number of halogens is 1. The molecule has 0 amide bonds. The average molecular weight is 266 g/mol. The van der Waals surface area contributed by atoms with Gasteiger partial charge in [-0.1, -0.05) is 12.1 Å². The number of alkyl halides is 1. The molecule has 0 aliphatic carbocycles. The molecule has 0 aliphatic heterocycles. The lowest BCUT2D eigenvalue weighted by atomic mass is 10.1. The number of hydrogen-bond acceptors (Lipinski definition) is 2. The van der Waals surface area contributed by atoms with Gasteiger partial charge in [-0.15, -0.1) is 22.9 Å². The smallest absolute Gasteiger partial charge is 0.0418 e. The van der Waals surface area contributed by atoms with Crippen LogP contribution in [0.4, 0.5) is 0 Å². The third-order valence-corrected chi connectivity index (χ3v) is 3.99. The molecule has 2 aromatic heterocycles. The Kier molecular flexibility index (Phi) is 5.02. The van der Waals surface area contributed by atoms with Crippen molar-refractivity contribution in [3.05, 3.63) is 52.5 Å². The minimum atomic E-state index is 0.199. The second kappa shape index (κ2) is 6.77. The van der Waals surface area contributed by atoms with E-state index in [2.05, 4.69) is 22.5 Å². The van der Waals surface area contributed by atoms with Crippen molar-refractivity contribution in [2.45, 2.75) is 31.1 Å². The Morgan fingerprint density at radius 1 is 1.24 bits per heavy atom. The third kappa shape index (κ3) is 4.49. The van der Waals surface area contributed by atoms with Crippen molar-refractivity contribution in [1.29, 1.82) is 0 Å². The van der Waals surface area contributed by atoms with E-state index in [-0.39, 0.29) is 5.38 Å². The first-order valence-corrected chi connectivity index (χ1v) is 7.22. The van der Waals surface area contributed by atoms with Crippen molar-refractivity contribution in [2.75, 3.05) is 0 Å². The summed E-state index contributed by atoms with van der Waals surface area (Å²) >= 11 is 8.14. The fourth-order valence-electron chi connectivity index (χ4n) is 1.80. The van der Waals surface area contributed by atoms with Crippen molar-refractivity contribution in [2.24, 2.45) is 0 Å². The normalized spacial score (nSPS) is 12.5. The first kappa shape index (κ1) is 12.6. The maximum absolute atomic E-state index is 6.32. The highest BCUT2D eigenvalue weighted by Gasteiger charge is 2.06. The first-order chi connectivity index (χ1) is 8.34. The standard InChI is InChI=1S/C14H16ClNS/c15-12(11-13-6-1-2-9-16-13)5-3-7-14-8-4-10-17-14/h1-2,4,6,8-10,12H,3,5,7,11H2. The van der Waals surface area contributed by atoms with Gasteiger partial charge in [0.15, 0.2) is 0 Å². The van der Waals surface area contributed by atoms with Crippen LogP contribution in [0.1, 0.15) is 23.4 Å². The lowest BCUT2D eigenvalue weighted by molar-refractivity contribution is 0.683.